The lowest BCUT2D eigenvalue weighted by atomic mass is 9.70. The van der Waals surface area contributed by atoms with Crippen LogP contribution in [0, 0.1) is 11.3 Å². The highest BCUT2D eigenvalue weighted by atomic mass is 19.4. The lowest BCUT2D eigenvalue weighted by molar-refractivity contribution is -0.137. The van der Waals surface area contributed by atoms with Crippen LogP contribution in [0.3, 0.4) is 0 Å². The summed E-state index contributed by atoms with van der Waals surface area (Å²) in [5.41, 5.74) is 1.92. The Kier molecular flexibility index (Phi) is 6.82. The van der Waals surface area contributed by atoms with Gasteiger partial charge in [-0.05, 0) is 67.3 Å². The van der Waals surface area contributed by atoms with Crippen LogP contribution in [-0.4, -0.2) is 23.0 Å². The second kappa shape index (κ2) is 9.56. The minimum absolute atomic E-state index is 0.0301. The first kappa shape index (κ1) is 25.7. The maximum atomic E-state index is 13.5. The Hall–Kier alpha value is -3.42. The third kappa shape index (κ3) is 5.37. The number of pyridine rings is 1. The fourth-order valence-electron chi connectivity index (χ4n) is 4.65. The quantitative estimate of drug-likeness (QED) is 0.412. The number of carbonyl (C=O) groups is 2. The topological polar surface area (TPSA) is 68.3 Å². The summed E-state index contributed by atoms with van der Waals surface area (Å²) >= 11 is 0. The zero-order valence-corrected chi connectivity index (χ0v) is 20.7. The van der Waals surface area contributed by atoms with Crippen LogP contribution in [-0.2, 0) is 28.5 Å². The van der Waals surface area contributed by atoms with Crippen LogP contribution in [0.2, 0.25) is 0 Å². The number of aromatic nitrogens is 1. The summed E-state index contributed by atoms with van der Waals surface area (Å²) in [6, 6.07) is 11.6. The van der Waals surface area contributed by atoms with Crippen LogP contribution >= 0.6 is 0 Å². The van der Waals surface area contributed by atoms with E-state index in [-0.39, 0.29) is 11.1 Å². The van der Waals surface area contributed by atoms with E-state index in [2.05, 4.69) is 26.1 Å². The average molecular weight is 499 g/mol. The molecule has 36 heavy (non-hydrogen) atoms. The molecule has 1 N–H and O–H groups in total. The zero-order chi connectivity index (χ0) is 26.3. The molecule has 1 aliphatic rings. The number of fused-ring (bicyclic) bond motifs is 2. The Morgan fingerprint density at radius 1 is 1.08 bits per heavy atom. The van der Waals surface area contributed by atoms with Crippen molar-refractivity contribution in [3.05, 3.63) is 70.9 Å². The highest BCUT2D eigenvalue weighted by molar-refractivity contribution is 6.06. The molecule has 2 unspecified atom stereocenters. The second-order valence-corrected chi connectivity index (χ2v) is 10.4. The molecule has 1 amide bonds. The standard InChI is InChI=1S/C28H29F3N2O3/c1-16(25(34)32-19-9-7-8-18(14-19)28(29,30)31)36-26(35)24-20-10-5-6-11-22(20)33-23-13-12-17(15-21(23)24)27(2,3)4/h5-11,14,16-17H,12-13,15H2,1-4H3,(H,32,34). The Morgan fingerprint density at radius 2 is 1.81 bits per heavy atom. The number of para-hydroxylation sites is 1. The van der Waals surface area contributed by atoms with Gasteiger partial charge in [0.2, 0.25) is 0 Å². The zero-order valence-electron chi connectivity index (χ0n) is 20.7. The van der Waals surface area contributed by atoms with E-state index in [4.69, 9.17) is 9.72 Å². The molecule has 0 aliphatic heterocycles. The first-order chi connectivity index (χ1) is 16.8. The molecular formula is C28H29F3N2O3. The van der Waals surface area contributed by atoms with Crippen molar-refractivity contribution in [1.29, 1.82) is 0 Å². The summed E-state index contributed by atoms with van der Waals surface area (Å²) in [4.78, 5) is 30.9. The van der Waals surface area contributed by atoms with Crippen molar-refractivity contribution < 1.29 is 27.5 Å². The molecule has 0 radical (unpaired) electrons. The number of amides is 1. The number of nitrogens with zero attached hydrogens (tertiary/aromatic N) is 1. The van der Waals surface area contributed by atoms with Gasteiger partial charge in [0, 0.05) is 16.8 Å². The van der Waals surface area contributed by atoms with Gasteiger partial charge in [-0.3, -0.25) is 9.78 Å². The van der Waals surface area contributed by atoms with Crippen molar-refractivity contribution >= 4 is 28.5 Å². The van der Waals surface area contributed by atoms with E-state index in [0.717, 1.165) is 36.2 Å². The van der Waals surface area contributed by atoms with Crippen LogP contribution in [0.5, 0.6) is 0 Å². The maximum absolute atomic E-state index is 13.5. The number of nitrogens with one attached hydrogen (secondary N) is 1. The molecule has 1 aromatic heterocycles. The number of anilines is 1. The predicted octanol–water partition coefficient (Wildman–Crippen LogP) is 6.59. The minimum atomic E-state index is -4.54. The van der Waals surface area contributed by atoms with E-state index in [0.29, 0.717) is 28.8 Å². The summed E-state index contributed by atoms with van der Waals surface area (Å²) in [7, 11) is 0. The minimum Gasteiger partial charge on any atom is -0.449 e. The van der Waals surface area contributed by atoms with Crippen LogP contribution in [0.1, 0.15) is 61.3 Å². The third-order valence-corrected chi connectivity index (χ3v) is 6.80. The highest BCUT2D eigenvalue weighted by Crippen LogP contribution is 2.39. The normalized spacial score (nSPS) is 16.8. The van der Waals surface area contributed by atoms with Gasteiger partial charge >= 0.3 is 12.1 Å². The van der Waals surface area contributed by atoms with Gasteiger partial charge in [0.15, 0.2) is 6.10 Å². The van der Waals surface area contributed by atoms with Gasteiger partial charge in [0.25, 0.3) is 5.91 Å². The Morgan fingerprint density at radius 3 is 2.50 bits per heavy atom. The monoisotopic (exact) mass is 498 g/mol. The third-order valence-electron chi connectivity index (χ3n) is 6.80. The molecule has 1 heterocycles. The number of esters is 1. The molecule has 4 rings (SSSR count). The average Bonchev–Trinajstić information content (AvgIpc) is 2.81. The first-order valence-electron chi connectivity index (χ1n) is 11.9. The van der Waals surface area contributed by atoms with Gasteiger partial charge < -0.3 is 10.1 Å². The van der Waals surface area contributed by atoms with Crippen molar-refractivity contribution in [2.24, 2.45) is 11.3 Å². The van der Waals surface area contributed by atoms with Crippen molar-refractivity contribution in [3.8, 4) is 0 Å². The number of hydrogen-bond donors (Lipinski definition) is 1. The van der Waals surface area contributed by atoms with E-state index in [1.807, 2.05) is 24.3 Å². The summed E-state index contributed by atoms with van der Waals surface area (Å²) in [6.45, 7) is 7.93. The molecule has 1 aliphatic carbocycles. The highest BCUT2D eigenvalue weighted by Gasteiger charge is 2.34. The van der Waals surface area contributed by atoms with Gasteiger partial charge in [-0.1, -0.05) is 45.0 Å². The Bertz CT molecular complexity index is 1310. The summed E-state index contributed by atoms with van der Waals surface area (Å²) in [5.74, 6) is -1.02. The van der Waals surface area contributed by atoms with Gasteiger partial charge in [-0.25, -0.2) is 4.79 Å². The van der Waals surface area contributed by atoms with Gasteiger partial charge in [0.05, 0.1) is 16.6 Å². The van der Waals surface area contributed by atoms with Crippen molar-refractivity contribution in [2.75, 3.05) is 5.32 Å². The lowest BCUT2D eigenvalue weighted by Crippen LogP contribution is -2.32. The van der Waals surface area contributed by atoms with Crippen LogP contribution in [0.15, 0.2) is 48.5 Å². The predicted molar refractivity (Wildman–Crippen MR) is 132 cm³/mol. The SMILES string of the molecule is CC(OC(=O)c1c2c(nc3ccccc13)CCC(C(C)(C)C)C2)C(=O)Nc1cccc(C(F)(F)F)c1. The van der Waals surface area contributed by atoms with Crippen molar-refractivity contribution in [2.45, 2.75) is 59.2 Å². The van der Waals surface area contributed by atoms with Crippen molar-refractivity contribution in [1.82, 2.24) is 4.98 Å². The summed E-state index contributed by atoms with van der Waals surface area (Å²) in [6.07, 6.45) is -3.38. The van der Waals surface area contributed by atoms with Gasteiger partial charge in [-0.15, -0.1) is 0 Å². The van der Waals surface area contributed by atoms with E-state index in [9.17, 15) is 22.8 Å². The Balaban J connectivity index is 1.60. The van der Waals surface area contributed by atoms with Crippen molar-refractivity contribution in [3.63, 3.8) is 0 Å². The lowest BCUT2D eigenvalue weighted by Gasteiger charge is -2.35. The largest absolute Gasteiger partial charge is 0.449 e. The van der Waals surface area contributed by atoms with Gasteiger partial charge in [-0.2, -0.15) is 13.2 Å². The first-order valence-corrected chi connectivity index (χ1v) is 11.9. The molecule has 0 fully saturated rings. The number of ether oxygens (including phenoxy) is 1. The Labute approximate surface area is 208 Å². The number of halogens is 3. The molecule has 3 aromatic rings. The molecule has 2 atom stereocenters. The van der Waals surface area contributed by atoms with Crippen LogP contribution < -0.4 is 5.32 Å². The molecule has 0 spiro atoms. The molecule has 8 heteroatoms. The van der Waals surface area contributed by atoms with Crippen LogP contribution in [0.4, 0.5) is 18.9 Å². The smallest absolute Gasteiger partial charge is 0.416 e. The molecule has 0 saturated heterocycles. The summed E-state index contributed by atoms with van der Waals surface area (Å²) < 4.78 is 44.6. The number of alkyl halides is 3. The van der Waals surface area contributed by atoms with Gasteiger partial charge in [0.1, 0.15) is 0 Å². The fourth-order valence-corrected chi connectivity index (χ4v) is 4.65. The molecule has 0 saturated carbocycles. The van der Waals surface area contributed by atoms with Crippen LogP contribution in [0.25, 0.3) is 10.9 Å². The molecule has 5 nitrogen and oxygen atoms in total. The van der Waals surface area contributed by atoms with E-state index in [1.165, 1.54) is 19.1 Å². The number of hydrogen-bond acceptors (Lipinski definition) is 4. The fraction of sp³-hybridized carbons (Fsp3) is 0.393. The number of rotatable bonds is 4. The van der Waals surface area contributed by atoms with E-state index < -0.39 is 29.7 Å². The number of carbonyl (C=O) groups excluding carboxylic acids is 2. The molecular weight excluding hydrogens is 469 g/mol. The molecule has 190 valence electrons. The number of aryl methyl sites for hydroxylation is 1. The summed E-state index contributed by atoms with van der Waals surface area (Å²) in [5, 5.41) is 3.06. The van der Waals surface area contributed by atoms with E-state index >= 15 is 0 Å². The maximum Gasteiger partial charge on any atom is 0.416 e. The number of benzene rings is 2. The molecule has 2 aromatic carbocycles. The second-order valence-electron chi connectivity index (χ2n) is 10.4. The molecule has 0 bridgehead atoms. The van der Waals surface area contributed by atoms with E-state index in [1.54, 1.807) is 0 Å².